The van der Waals surface area contributed by atoms with E-state index in [1.807, 2.05) is 0 Å². The molecule has 0 spiro atoms. The van der Waals surface area contributed by atoms with Crippen LogP contribution in [0.1, 0.15) is 72.1 Å². The van der Waals surface area contributed by atoms with Crippen molar-refractivity contribution in [3.63, 3.8) is 0 Å². The van der Waals surface area contributed by atoms with Crippen LogP contribution in [-0.2, 0) is 19.6 Å². The quantitative estimate of drug-likeness (QED) is 0.157. The van der Waals surface area contributed by atoms with Crippen molar-refractivity contribution in [1.29, 1.82) is 0 Å². The first kappa shape index (κ1) is 26.9. The van der Waals surface area contributed by atoms with Crippen LogP contribution in [-0.4, -0.2) is 48.6 Å². The average molecular weight is 501 g/mol. The number of halogens is 4. The summed E-state index contributed by atoms with van der Waals surface area (Å²) in [6.07, 6.45) is 7.11. The lowest BCUT2D eigenvalue weighted by Gasteiger charge is -2.56. The summed E-state index contributed by atoms with van der Waals surface area (Å²) in [5, 5.41) is -4.11. The van der Waals surface area contributed by atoms with E-state index in [9.17, 15) is 17.2 Å². The fraction of sp³-hybridized carbons (Fsp3) is 0.913. The van der Waals surface area contributed by atoms with E-state index in [2.05, 4.69) is 11.3 Å². The highest BCUT2D eigenvalue weighted by Gasteiger charge is 2.64. The number of rotatable bonds is 12. The van der Waals surface area contributed by atoms with Gasteiger partial charge in [0.05, 0.1) is 6.61 Å². The molecule has 0 aromatic heterocycles. The number of alkyl halides is 4. The van der Waals surface area contributed by atoms with Gasteiger partial charge in [-0.2, -0.15) is 8.42 Å². The molecule has 33 heavy (non-hydrogen) atoms. The third-order valence-corrected chi connectivity index (χ3v) is 9.38. The maximum absolute atomic E-state index is 15.2. The van der Waals surface area contributed by atoms with E-state index in [0.717, 1.165) is 43.9 Å². The first-order chi connectivity index (χ1) is 15.0. The summed E-state index contributed by atoms with van der Waals surface area (Å²) < 4.78 is 101. The van der Waals surface area contributed by atoms with Crippen LogP contribution in [0.3, 0.4) is 0 Å². The van der Waals surface area contributed by atoms with Gasteiger partial charge in [0.25, 0.3) is 10.9 Å². The van der Waals surface area contributed by atoms with Crippen LogP contribution in [0.25, 0.3) is 0 Å². The Labute approximate surface area is 194 Å². The number of ether oxygens (including phenoxy) is 2. The fourth-order valence-corrected chi connectivity index (χ4v) is 6.84. The van der Waals surface area contributed by atoms with Crippen molar-refractivity contribution >= 4 is 10.1 Å². The predicted octanol–water partition coefficient (Wildman–Crippen LogP) is 5.86. The fourth-order valence-electron chi connectivity index (χ4n) is 6.36. The molecule has 0 saturated heterocycles. The van der Waals surface area contributed by atoms with E-state index < -0.39 is 38.9 Å². The zero-order valence-corrected chi connectivity index (χ0v) is 20.4. The van der Waals surface area contributed by atoms with Gasteiger partial charge in [-0.25, -0.2) is 17.6 Å². The average Bonchev–Trinajstić information content (AvgIpc) is 2.64. The van der Waals surface area contributed by atoms with E-state index in [-0.39, 0.29) is 31.4 Å². The molecule has 192 valence electrons. The second kappa shape index (κ2) is 8.75. The van der Waals surface area contributed by atoms with Gasteiger partial charge in [-0.1, -0.05) is 6.58 Å². The van der Waals surface area contributed by atoms with Crippen molar-refractivity contribution in [3.8, 4) is 0 Å². The van der Waals surface area contributed by atoms with Crippen molar-refractivity contribution in [2.45, 2.75) is 94.5 Å². The van der Waals surface area contributed by atoms with Crippen LogP contribution in [0, 0.1) is 23.2 Å². The Bertz CT molecular complexity index is 807. The maximum Gasteiger partial charge on any atom is 0.306 e. The van der Waals surface area contributed by atoms with Gasteiger partial charge in [-0.15, -0.1) is 0 Å². The van der Waals surface area contributed by atoms with Crippen molar-refractivity contribution in [2.24, 2.45) is 23.2 Å². The molecule has 0 aliphatic heterocycles. The van der Waals surface area contributed by atoms with Crippen molar-refractivity contribution < 1.29 is 40.0 Å². The van der Waals surface area contributed by atoms with Crippen molar-refractivity contribution in [2.75, 3.05) is 13.2 Å². The summed E-state index contributed by atoms with van der Waals surface area (Å²) >= 11 is 0. The molecule has 0 aromatic carbocycles. The highest BCUT2D eigenvalue weighted by atomic mass is 32.2. The van der Waals surface area contributed by atoms with Gasteiger partial charge in [0, 0.05) is 6.61 Å². The standard InChI is InChI=1S/C23H36F4O5S/c1-5-23(27,21(4,26)33(28,29)30)32-20(3,25)19(2,24)7-6-8-31-15-22-12-16-9-17(13-22)11-18(10-16)14-22/h5,16-18H,1,6-15H2,2-4H3,(H,28,29,30). The van der Waals surface area contributed by atoms with Gasteiger partial charge in [-0.3, -0.25) is 9.29 Å². The molecule has 0 aromatic rings. The van der Waals surface area contributed by atoms with E-state index in [1.165, 1.54) is 19.3 Å². The Morgan fingerprint density at radius 1 is 1.03 bits per heavy atom. The summed E-state index contributed by atoms with van der Waals surface area (Å²) in [7, 11) is -5.68. The summed E-state index contributed by atoms with van der Waals surface area (Å²) in [5.41, 5.74) is -2.63. The molecule has 10 heteroatoms. The second-order valence-electron chi connectivity index (χ2n) is 11.0. The third-order valence-electron chi connectivity index (χ3n) is 8.14. The monoisotopic (exact) mass is 500 g/mol. The SMILES string of the molecule is C=CC(F)(OC(C)(F)C(C)(F)CCCOCC12CC3CC(CC(C3)C1)C2)C(C)(F)S(=O)(=O)O. The third kappa shape index (κ3) is 5.14. The Kier molecular flexibility index (Phi) is 7.13. The molecule has 0 radical (unpaired) electrons. The van der Waals surface area contributed by atoms with E-state index in [1.54, 1.807) is 0 Å². The normalized spacial score (nSPS) is 36.4. The molecule has 4 aliphatic carbocycles. The summed E-state index contributed by atoms with van der Waals surface area (Å²) in [4.78, 5) is 0. The Morgan fingerprint density at radius 3 is 1.94 bits per heavy atom. The van der Waals surface area contributed by atoms with Crippen LogP contribution in [0.5, 0.6) is 0 Å². The highest BCUT2D eigenvalue weighted by Crippen LogP contribution is 2.60. The predicted molar refractivity (Wildman–Crippen MR) is 116 cm³/mol. The highest BCUT2D eigenvalue weighted by molar-refractivity contribution is 7.87. The zero-order valence-electron chi connectivity index (χ0n) is 19.6. The summed E-state index contributed by atoms with van der Waals surface area (Å²) in [6.45, 7) is 5.18. The molecular weight excluding hydrogens is 464 g/mol. The van der Waals surface area contributed by atoms with Gasteiger partial charge in [-0.05, 0) is 101 Å². The van der Waals surface area contributed by atoms with Crippen LogP contribution in [0.4, 0.5) is 17.6 Å². The topological polar surface area (TPSA) is 72.8 Å². The minimum Gasteiger partial charge on any atom is -0.381 e. The van der Waals surface area contributed by atoms with Gasteiger partial charge >= 0.3 is 10.1 Å². The van der Waals surface area contributed by atoms with Gasteiger partial charge < -0.3 is 4.74 Å². The van der Waals surface area contributed by atoms with Crippen LogP contribution < -0.4 is 0 Å². The lowest BCUT2D eigenvalue weighted by molar-refractivity contribution is -0.313. The zero-order chi connectivity index (χ0) is 24.9. The molecule has 0 heterocycles. The Hall–Kier alpha value is -0.710. The molecule has 4 unspecified atom stereocenters. The summed E-state index contributed by atoms with van der Waals surface area (Å²) in [5.74, 6) is -5.16. The molecule has 4 fully saturated rings. The lowest BCUT2D eigenvalue weighted by atomic mass is 9.50. The van der Waals surface area contributed by atoms with Crippen LogP contribution in [0.15, 0.2) is 12.7 Å². The van der Waals surface area contributed by atoms with Crippen molar-refractivity contribution in [1.82, 2.24) is 0 Å². The minimum absolute atomic E-state index is 0.0449. The molecule has 4 saturated carbocycles. The van der Waals surface area contributed by atoms with Crippen LogP contribution in [0.2, 0.25) is 0 Å². The molecule has 4 rings (SSSR count). The molecule has 0 amide bonds. The van der Waals surface area contributed by atoms with Gasteiger partial charge in [0.2, 0.25) is 5.85 Å². The van der Waals surface area contributed by atoms with E-state index in [0.29, 0.717) is 13.5 Å². The molecular formula is C23H36F4O5S. The largest absolute Gasteiger partial charge is 0.381 e. The van der Waals surface area contributed by atoms with E-state index in [4.69, 9.17) is 9.29 Å². The molecule has 4 bridgehead atoms. The van der Waals surface area contributed by atoms with E-state index >= 15 is 8.78 Å². The van der Waals surface area contributed by atoms with Crippen LogP contribution >= 0.6 is 0 Å². The Morgan fingerprint density at radius 2 is 1.52 bits per heavy atom. The molecule has 5 nitrogen and oxygen atoms in total. The minimum atomic E-state index is -5.68. The second-order valence-corrected chi connectivity index (χ2v) is 12.7. The maximum atomic E-state index is 15.2. The number of hydrogen-bond donors (Lipinski definition) is 1. The number of hydrogen-bond acceptors (Lipinski definition) is 4. The molecule has 4 atom stereocenters. The Balaban J connectivity index is 1.53. The molecule has 4 aliphatic rings. The van der Waals surface area contributed by atoms with Gasteiger partial charge in [0.1, 0.15) is 0 Å². The first-order valence-electron chi connectivity index (χ1n) is 11.6. The summed E-state index contributed by atoms with van der Waals surface area (Å²) in [6, 6.07) is 0. The smallest absolute Gasteiger partial charge is 0.306 e. The van der Waals surface area contributed by atoms with Gasteiger partial charge in [0.15, 0.2) is 5.67 Å². The first-order valence-corrected chi connectivity index (χ1v) is 13.0. The lowest BCUT2D eigenvalue weighted by Crippen LogP contribution is -2.58. The molecule has 1 N–H and O–H groups in total. The van der Waals surface area contributed by atoms with Crippen molar-refractivity contribution in [3.05, 3.63) is 12.7 Å².